The maximum atomic E-state index is 12.7. The lowest BCUT2D eigenvalue weighted by Gasteiger charge is -2.35. The summed E-state index contributed by atoms with van der Waals surface area (Å²) < 4.78 is 16.6. The zero-order chi connectivity index (χ0) is 23.2. The number of ether oxygens (including phenoxy) is 2. The lowest BCUT2D eigenvalue weighted by molar-refractivity contribution is -0.126. The molecule has 0 radical (unpaired) electrons. The molecule has 172 valence electrons. The van der Waals surface area contributed by atoms with Gasteiger partial charge in [0.05, 0.1) is 18.4 Å². The average molecular weight is 448 g/mol. The van der Waals surface area contributed by atoms with Gasteiger partial charge in [-0.15, -0.1) is 0 Å². The molecule has 0 spiro atoms. The van der Waals surface area contributed by atoms with Crippen molar-refractivity contribution in [2.75, 3.05) is 38.2 Å². The van der Waals surface area contributed by atoms with Crippen LogP contribution in [0.25, 0.3) is 6.08 Å². The van der Waals surface area contributed by atoms with Gasteiger partial charge >= 0.3 is 0 Å². The SMILES string of the molecule is COc1cc(/C=C/C(=O)N2CCN(c3ccccc3)CC2)ccc1OCc1c(C)noc1C. The fourth-order valence-corrected chi connectivity index (χ4v) is 3.86. The van der Waals surface area contributed by atoms with E-state index in [4.69, 9.17) is 14.0 Å². The number of para-hydroxylation sites is 1. The van der Waals surface area contributed by atoms with Crippen LogP contribution in [-0.4, -0.2) is 49.3 Å². The minimum Gasteiger partial charge on any atom is -0.493 e. The van der Waals surface area contributed by atoms with Crippen molar-refractivity contribution in [1.29, 1.82) is 0 Å². The Morgan fingerprint density at radius 1 is 1.06 bits per heavy atom. The number of piperazine rings is 1. The van der Waals surface area contributed by atoms with Gasteiger partial charge in [-0.25, -0.2) is 0 Å². The molecule has 1 aliphatic rings. The van der Waals surface area contributed by atoms with Gasteiger partial charge in [-0.1, -0.05) is 29.4 Å². The summed E-state index contributed by atoms with van der Waals surface area (Å²) in [6, 6.07) is 15.9. The summed E-state index contributed by atoms with van der Waals surface area (Å²) >= 11 is 0. The summed E-state index contributed by atoms with van der Waals surface area (Å²) in [5.41, 5.74) is 3.81. The molecule has 1 aliphatic heterocycles. The van der Waals surface area contributed by atoms with Crippen molar-refractivity contribution in [3.05, 3.63) is 77.2 Å². The quantitative estimate of drug-likeness (QED) is 0.505. The van der Waals surface area contributed by atoms with Crippen LogP contribution in [0.15, 0.2) is 59.1 Å². The number of aryl methyl sites for hydroxylation is 2. The van der Waals surface area contributed by atoms with Gasteiger partial charge in [-0.05, 0) is 49.8 Å². The third-order valence-corrected chi connectivity index (χ3v) is 5.87. The third kappa shape index (κ3) is 5.37. The molecule has 1 fully saturated rings. The van der Waals surface area contributed by atoms with Crippen molar-refractivity contribution < 1.29 is 18.8 Å². The molecule has 7 nitrogen and oxygen atoms in total. The largest absolute Gasteiger partial charge is 0.493 e. The van der Waals surface area contributed by atoms with Gasteiger partial charge in [0.2, 0.25) is 5.91 Å². The Labute approximate surface area is 194 Å². The van der Waals surface area contributed by atoms with E-state index >= 15 is 0 Å². The van der Waals surface area contributed by atoms with Crippen LogP contribution in [0.3, 0.4) is 0 Å². The summed E-state index contributed by atoms with van der Waals surface area (Å²) in [6.07, 6.45) is 3.43. The van der Waals surface area contributed by atoms with Crippen molar-refractivity contribution in [1.82, 2.24) is 10.1 Å². The number of anilines is 1. The highest BCUT2D eigenvalue weighted by molar-refractivity contribution is 5.92. The number of aromatic nitrogens is 1. The first kappa shape index (κ1) is 22.5. The van der Waals surface area contributed by atoms with E-state index in [2.05, 4.69) is 22.2 Å². The highest BCUT2D eigenvalue weighted by atomic mass is 16.5. The topological polar surface area (TPSA) is 68.0 Å². The van der Waals surface area contributed by atoms with Gasteiger partial charge in [0, 0.05) is 37.9 Å². The molecule has 7 heteroatoms. The number of hydrogen-bond acceptors (Lipinski definition) is 6. The van der Waals surface area contributed by atoms with Gasteiger partial charge in [0.25, 0.3) is 0 Å². The molecular formula is C26H29N3O4. The number of amides is 1. The first-order valence-electron chi connectivity index (χ1n) is 11.0. The number of benzene rings is 2. The zero-order valence-electron chi connectivity index (χ0n) is 19.3. The Morgan fingerprint density at radius 2 is 1.82 bits per heavy atom. The van der Waals surface area contributed by atoms with Gasteiger partial charge in [-0.2, -0.15) is 0 Å². The van der Waals surface area contributed by atoms with Crippen LogP contribution in [0.2, 0.25) is 0 Å². The number of carbonyl (C=O) groups excluding carboxylic acids is 1. The first-order chi connectivity index (χ1) is 16.0. The van der Waals surface area contributed by atoms with Crippen LogP contribution in [0.4, 0.5) is 5.69 Å². The van der Waals surface area contributed by atoms with Gasteiger partial charge < -0.3 is 23.8 Å². The van der Waals surface area contributed by atoms with E-state index < -0.39 is 0 Å². The van der Waals surface area contributed by atoms with E-state index in [9.17, 15) is 4.79 Å². The molecule has 0 N–H and O–H groups in total. The fraction of sp³-hybridized carbons (Fsp3) is 0.308. The summed E-state index contributed by atoms with van der Waals surface area (Å²) in [5, 5.41) is 3.95. The number of carbonyl (C=O) groups is 1. The maximum absolute atomic E-state index is 12.7. The van der Waals surface area contributed by atoms with Crippen LogP contribution < -0.4 is 14.4 Å². The lowest BCUT2D eigenvalue weighted by atomic mass is 10.1. The average Bonchev–Trinajstić information content (AvgIpc) is 3.18. The Morgan fingerprint density at radius 3 is 2.48 bits per heavy atom. The zero-order valence-corrected chi connectivity index (χ0v) is 19.3. The summed E-state index contributed by atoms with van der Waals surface area (Å²) in [7, 11) is 1.60. The number of methoxy groups -OCH3 is 1. The maximum Gasteiger partial charge on any atom is 0.246 e. The van der Waals surface area contributed by atoms with Crippen LogP contribution in [0.1, 0.15) is 22.6 Å². The van der Waals surface area contributed by atoms with Crippen molar-refractivity contribution >= 4 is 17.7 Å². The minimum atomic E-state index is 0.0143. The van der Waals surface area contributed by atoms with E-state index in [1.54, 1.807) is 13.2 Å². The molecular weight excluding hydrogens is 418 g/mol. The molecule has 1 amide bonds. The fourth-order valence-electron chi connectivity index (χ4n) is 3.86. The van der Waals surface area contributed by atoms with Crippen molar-refractivity contribution in [3.63, 3.8) is 0 Å². The molecule has 0 saturated carbocycles. The van der Waals surface area contributed by atoms with E-state index in [1.807, 2.05) is 61.2 Å². The van der Waals surface area contributed by atoms with Gasteiger partial charge in [0.1, 0.15) is 12.4 Å². The Kier molecular flexibility index (Phi) is 6.98. The molecule has 0 unspecified atom stereocenters. The molecule has 0 aliphatic carbocycles. The smallest absolute Gasteiger partial charge is 0.246 e. The standard InChI is InChI=1S/C26H29N3O4/c1-19-23(20(2)33-27-19)18-32-24-11-9-21(17-25(24)31-3)10-12-26(30)29-15-13-28(14-16-29)22-7-5-4-6-8-22/h4-12,17H,13-16,18H2,1-3H3/b12-10+. The molecule has 4 rings (SSSR count). The number of hydrogen-bond donors (Lipinski definition) is 0. The summed E-state index contributed by atoms with van der Waals surface area (Å²) in [5.74, 6) is 1.99. The van der Waals surface area contributed by atoms with E-state index in [0.29, 0.717) is 31.2 Å². The second kappa shape index (κ2) is 10.3. The predicted molar refractivity (Wildman–Crippen MR) is 128 cm³/mol. The summed E-state index contributed by atoms with van der Waals surface area (Å²) in [4.78, 5) is 16.9. The monoisotopic (exact) mass is 447 g/mol. The number of nitrogens with zero attached hydrogens (tertiary/aromatic N) is 3. The van der Waals surface area contributed by atoms with E-state index in [-0.39, 0.29) is 5.91 Å². The minimum absolute atomic E-state index is 0.0143. The highest BCUT2D eigenvalue weighted by Gasteiger charge is 2.19. The molecule has 3 aromatic rings. The van der Waals surface area contributed by atoms with Crippen molar-refractivity contribution in [3.8, 4) is 11.5 Å². The van der Waals surface area contributed by atoms with E-state index in [0.717, 1.165) is 35.7 Å². The van der Waals surface area contributed by atoms with Crippen LogP contribution in [0, 0.1) is 13.8 Å². The molecule has 2 heterocycles. The Hall–Kier alpha value is -3.74. The molecule has 0 atom stereocenters. The third-order valence-electron chi connectivity index (χ3n) is 5.87. The molecule has 33 heavy (non-hydrogen) atoms. The number of rotatable bonds is 7. The predicted octanol–water partition coefficient (Wildman–Crippen LogP) is 4.24. The van der Waals surface area contributed by atoms with E-state index in [1.165, 1.54) is 5.69 Å². The summed E-state index contributed by atoms with van der Waals surface area (Å²) in [6.45, 7) is 7.16. The second-order valence-corrected chi connectivity index (χ2v) is 7.98. The highest BCUT2D eigenvalue weighted by Crippen LogP contribution is 2.30. The second-order valence-electron chi connectivity index (χ2n) is 7.98. The Bertz CT molecular complexity index is 1100. The van der Waals surface area contributed by atoms with Gasteiger partial charge in [-0.3, -0.25) is 4.79 Å². The van der Waals surface area contributed by atoms with Crippen LogP contribution in [0.5, 0.6) is 11.5 Å². The molecule has 1 saturated heterocycles. The van der Waals surface area contributed by atoms with Crippen molar-refractivity contribution in [2.24, 2.45) is 0 Å². The molecule has 0 bridgehead atoms. The molecule has 1 aromatic heterocycles. The van der Waals surface area contributed by atoms with Crippen LogP contribution in [-0.2, 0) is 11.4 Å². The Balaban J connectivity index is 1.34. The van der Waals surface area contributed by atoms with Crippen molar-refractivity contribution in [2.45, 2.75) is 20.5 Å². The lowest BCUT2D eigenvalue weighted by Crippen LogP contribution is -2.48. The van der Waals surface area contributed by atoms with Gasteiger partial charge in [0.15, 0.2) is 11.5 Å². The first-order valence-corrected chi connectivity index (χ1v) is 11.0. The normalized spacial score (nSPS) is 14.0. The molecule has 2 aromatic carbocycles. The van der Waals surface area contributed by atoms with Crippen LogP contribution >= 0.6 is 0 Å².